The summed E-state index contributed by atoms with van der Waals surface area (Å²) in [6.45, 7) is 1.23. The van der Waals surface area contributed by atoms with Crippen molar-refractivity contribution >= 4 is 39.1 Å². The monoisotopic (exact) mass is 457 g/mol. The van der Waals surface area contributed by atoms with Crippen LogP contribution in [-0.4, -0.2) is 38.6 Å². The first kappa shape index (κ1) is 19.8. The van der Waals surface area contributed by atoms with Gasteiger partial charge in [0.1, 0.15) is 11.8 Å². The summed E-state index contributed by atoms with van der Waals surface area (Å²) in [5, 5.41) is 2.95. The van der Waals surface area contributed by atoms with Crippen LogP contribution in [0.2, 0.25) is 0 Å². The van der Waals surface area contributed by atoms with Crippen molar-refractivity contribution in [2.45, 2.75) is 31.8 Å². The Kier molecular flexibility index (Phi) is 5.50. The quantitative estimate of drug-likeness (QED) is 0.759. The van der Waals surface area contributed by atoms with Crippen LogP contribution in [-0.2, 0) is 11.3 Å². The van der Waals surface area contributed by atoms with Crippen molar-refractivity contribution in [3.05, 3.63) is 52.0 Å². The lowest BCUT2D eigenvalue weighted by molar-refractivity contribution is -0.120. The number of nitrogens with zero attached hydrogens (tertiary/aromatic N) is 2. The van der Waals surface area contributed by atoms with Gasteiger partial charge in [-0.25, -0.2) is 0 Å². The maximum Gasteiger partial charge on any atom is 0.251 e. The number of nitrogens with one attached hydrogen (secondary N) is 1. The summed E-state index contributed by atoms with van der Waals surface area (Å²) in [4.78, 5) is 29.4. The van der Waals surface area contributed by atoms with Crippen molar-refractivity contribution < 1.29 is 14.3 Å². The van der Waals surface area contributed by atoms with E-state index < -0.39 is 0 Å². The van der Waals surface area contributed by atoms with Crippen molar-refractivity contribution in [2.75, 3.05) is 30.5 Å². The molecular formula is C22H24BrN3O3. The second kappa shape index (κ2) is 8.06. The van der Waals surface area contributed by atoms with Crippen molar-refractivity contribution in [2.24, 2.45) is 0 Å². The number of carbonyl (C=O) groups excluding carboxylic acids is 2. The molecule has 2 aliphatic rings. The van der Waals surface area contributed by atoms with Crippen LogP contribution in [0.5, 0.6) is 5.75 Å². The Balaban J connectivity index is 1.55. The fraction of sp³-hybridized carbons (Fsp3) is 0.364. The molecule has 0 aromatic heterocycles. The largest absolute Gasteiger partial charge is 0.496 e. The summed E-state index contributed by atoms with van der Waals surface area (Å²) in [6.07, 6.45) is 3.05. The Morgan fingerprint density at radius 3 is 2.83 bits per heavy atom. The van der Waals surface area contributed by atoms with E-state index in [2.05, 4.69) is 26.1 Å². The number of carbonyl (C=O) groups is 2. The number of anilines is 2. The van der Waals surface area contributed by atoms with Crippen LogP contribution in [0.1, 0.15) is 35.2 Å². The first-order valence-corrected chi connectivity index (χ1v) is 10.6. The molecule has 152 valence electrons. The lowest BCUT2D eigenvalue weighted by atomic mass is 9.96. The maximum atomic E-state index is 12.8. The second-order valence-electron chi connectivity index (χ2n) is 7.44. The molecule has 4 rings (SSSR count). The van der Waals surface area contributed by atoms with E-state index in [9.17, 15) is 9.59 Å². The molecule has 2 aromatic rings. The van der Waals surface area contributed by atoms with E-state index in [1.807, 2.05) is 36.4 Å². The summed E-state index contributed by atoms with van der Waals surface area (Å²) < 4.78 is 6.29. The van der Waals surface area contributed by atoms with Gasteiger partial charge >= 0.3 is 0 Å². The molecule has 2 aromatic carbocycles. The molecule has 0 spiro atoms. The highest BCUT2D eigenvalue weighted by Gasteiger charge is 2.37. The first-order chi connectivity index (χ1) is 14.0. The van der Waals surface area contributed by atoms with E-state index in [1.54, 1.807) is 19.1 Å². The molecule has 1 N–H and O–H groups in total. The smallest absolute Gasteiger partial charge is 0.251 e. The number of fused-ring (bicyclic) bond motifs is 3. The molecule has 6 nitrogen and oxygen atoms in total. The lowest BCUT2D eigenvalue weighted by Crippen LogP contribution is -2.54. The Morgan fingerprint density at radius 2 is 2.03 bits per heavy atom. The zero-order valence-corrected chi connectivity index (χ0v) is 18.2. The molecule has 2 aliphatic heterocycles. The molecule has 0 aliphatic carbocycles. The van der Waals surface area contributed by atoms with Gasteiger partial charge in [0, 0.05) is 35.7 Å². The van der Waals surface area contributed by atoms with E-state index in [0.29, 0.717) is 12.1 Å². The SMILES string of the molecule is COc1ccc(Br)cc1CNC(=O)c1ccc2c(c1)N(C)C(=O)[C@H]1CCCCN21. The zero-order chi connectivity index (χ0) is 20.5. The van der Waals surface area contributed by atoms with E-state index in [-0.39, 0.29) is 17.9 Å². The number of rotatable bonds is 4. The third-order valence-electron chi connectivity index (χ3n) is 5.71. The molecule has 2 amide bonds. The Morgan fingerprint density at radius 1 is 1.21 bits per heavy atom. The van der Waals surface area contributed by atoms with Crippen LogP contribution in [0.3, 0.4) is 0 Å². The van der Waals surface area contributed by atoms with E-state index in [4.69, 9.17) is 4.74 Å². The molecule has 7 heteroatoms. The van der Waals surface area contributed by atoms with Gasteiger partial charge in [-0.15, -0.1) is 0 Å². The molecule has 0 bridgehead atoms. The fourth-order valence-electron chi connectivity index (χ4n) is 4.16. The number of hydrogen-bond acceptors (Lipinski definition) is 4. The van der Waals surface area contributed by atoms with Crippen LogP contribution in [0.4, 0.5) is 11.4 Å². The molecule has 0 radical (unpaired) electrons. The normalized spacial score (nSPS) is 18.2. The number of ether oxygens (including phenoxy) is 1. The van der Waals surface area contributed by atoms with Crippen LogP contribution in [0.25, 0.3) is 0 Å². The number of methoxy groups -OCH3 is 1. The third-order valence-corrected chi connectivity index (χ3v) is 6.20. The van der Waals surface area contributed by atoms with Crippen LogP contribution in [0.15, 0.2) is 40.9 Å². The van der Waals surface area contributed by atoms with Crippen molar-refractivity contribution in [3.63, 3.8) is 0 Å². The Bertz CT molecular complexity index is 962. The molecule has 1 fully saturated rings. The third kappa shape index (κ3) is 3.71. The molecule has 2 heterocycles. The minimum atomic E-state index is -0.184. The summed E-state index contributed by atoms with van der Waals surface area (Å²) in [7, 11) is 3.40. The second-order valence-corrected chi connectivity index (χ2v) is 8.36. The molecule has 1 atom stereocenters. The summed E-state index contributed by atoms with van der Waals surface area (Å²) in [6, 6.07) is 11.2. The van der Waals surface area contributed by atoms with Crippen LogP contribution in [0, 0.1) is 0 Å². The van der Waals surface area contributed by atoms with Gasteiger partial charge < -0.3 is 19.9 Å². The summed E-state index contributed by atoms with van der Waals surface area (Å²) >= 11 is 3.45. The average molecular weight is 458 g/mol. The highest BCUT2D eigenvalue weighted by molar-refractivity contribution is 9.10. The predicted octanol–water partition coefficient (Wildman–Crippen LogP) is 3.72. The number of hydrogen-bond donors (Lipinski definition) is 1. The highest BCUT2D eigenvalue weighted by Crippen LogP contribution is 2.39. The maximum absolute atomic E-state index is 12.8. The predicted molar refractivity (Wildman–Crippen MR) is 117 cm³/mol. The summed E-state index contributed by atoms with van der Waals surface area (Å²) in [5.41, 5.74) is 3.24. The number of piperidine rings is 1. The number of benzene rings is 2. The van der Waals surface area contributed by atoms with Crippen molar-refractivity contribution in [3.8, 4) is 5.75 Å². The standard InChI is InChI=1S/C22H24BrN3O3/c1-25-19-12-14(6-8-17(19)26-10-4-3-5-18(26)22(25)28)21(27)24-13-15-11-16(23)7-9-20(15)29-2/h6-9,11-12,18H,3-5,10,13H2,1-2H3,(H,24,27)/t18-/m1/s1. The number of halogens is 1. The minimum absolute atomic E-state index is 0.0788. The highest BCUT2D eigenvalue weighted by atomic mass is 79.9. The fourth-order valence-corrected chi connectivity index (χ4v) is 4.57. The van der Waals surface area contributed by atoms with Crippen LogP contribution >= 0.6 is 15.9 Å². The molecule has 1 saturated heterocycles. The lowest BCUT2D eigenvalue weighted by Gasteiger charge is -2.44. The zero-order valence-electron chi connectivity index (χ0n) is 16.6. The van der Waals surface area contributed by atoms with Crippen LogP contribution < -0.4 is 19.9 Å². The van der Waals surface area contributed by atoms with Gasteiger partial charge in [-0.2, -0.15) is 0 Å². The molecule has 0 saturated carbocycles. The minimum Gasteiger partial charge on any atom is -0.496 e. The number of likely N-dealkylation sites (N-methyl/N-ethyl adjacent to an activating group) is 1. The van der Waals surface area contributed by atoms with Crippen molar-refractivity contribution in [1.82, 2.24) is 5.32 Å². The Hall–Kier alpha value is -2.54. The van der Waals surface area contributed by atoms with Gasteiger partial charge in [-0.3, -0.25) is 9.59 Å². The first-order valence-electron chi connectivity index (χ1n) is 9.78. The van der Waals surface area contributed by atoms with Gasteiger partial charge in [0.15, 0.2) is 0 Å². The van der Waals surface area contributed by atoms with Gasteiger partial charge in [-0.1, -0.05) is 15.9 Å². The summed E-state index contributed by atoms with van der Waals surface area (Å²) in [5.74, 6) is 0.644. The van der Waals surface area contributed by atoms with E-state index in [1.165, 1.54) is 0 Å². The van der Waals surface area contributed by atoms with Gasteiger partial charge in [0.25, 0.3) is 5.91 Å². The average Bonchev–Trinajstić information content (AvgIpc) is 2.75. The Labute approximate surface area is 178 Å². The molecule has 0 unspecified atom stereocenters. The van der Waals surface area contributed by atoms with Crippen molar-refractivity contribution in [1.29, 1.82) is 0 Å². The number of amides is 2. The van der Waals surface area contributed by atoms with Gasteiger partial charge in [-0.05, 0) is 55.7 Å². The van der Waals surface area contributed by atoms with Gasteiger partial charge in [0.2, 0.25) is 5.91 Å². The topological polar surface area (TPSA) is 61.9 Å². The van der Waals surface area contributed by atoms with E-state index >= 15 is 0 Å². The van der Waals surface area contributed by atoms with E-state index in [0.717, 1.165) is 53.0 Å². The molecular weight excluding hydrogens is 434 g/mol. The van der Waals surface area contributed by atoms with Gasteiger partial charge in [0.05, 0.1) is 18.5 Å². The molecule has 29 heavy (non-hydrogen) atoms.